The average molecular weight is 232 g/mol. The van der Waals surface area contributed by atoms with Gasteiger partial charge in [0.1, 0.15) is 0 Å². The lowest BCUT2D eigenvalue weighted by Crippen LogP contribution is -2.14. The van der Waals surface area contributed by atoms with Crippen LogP contribution in [0.5, 0.6) is 0 Å². The zero-order valence-electron chi connectivity index (χ0n) is 7.71. The molecule has 1 aromatic heterocycles. The summed E-state index contributed by atoms with van der Waals surface area (Å²) < 4.78 is 3.07. The maximum Gasteiger partial charge on any atom is 0.177 e. The van der Waals surface area contributed by atoms with E-state index in [0.717, 1.165) is 17.8 Å². The molecule has 4 heteroatoms. The molecule has 0 aliphatic rings. The van der Waals surface area contributed by atoms with Crippen LogP contribution < -0.4 is 0 Å². The fourth-order valence-corrected chi connectivity index (χ4v) is 1.75. The van der Waals surface area contributed by atoms with Crippen molar-refractivity contribution in [1.29, 1.82) is 0 Å². The predicted molar refractivity (Wildman–Crippen MR) is 53.0 cm³/mol. The fourth-order valence-electron chi connectivity index (χ4n) is 1.17. The topological polar surface area (TPSA) is 21.1 Å². The smallest absolute Gasteiger partial charge is 0.177 e. The van der Waals surface area contributed by atoms with Gasteiger partial charge in [0.05, 0.1) is 11.9 Å². The van der Waals surface area contributed by atoms with Gasteiger partial charge in [-0.25, -0.2) is 4.98 Å². The highest BCUT2D eigenvalue weighted by molar-refractivity contribution is 9.10. The molecule has 0 spiro atoms. The zero-order chi connectivity index (χ0) is 9.14. The van der Waals surface area contributed by atoms with Gasteiger partial charge in [-0.05, 0) is 36.9 Å². The number of rotatable bonds is 3. The molecule has 68 valence electrons. The molecule has 1 rings (SSSR count). The SMILES string of the molecule is CCn1c(CN(C)C)cnc1Br. The first-order valence-corrected chi connectivity index (χ1v) is 4.79. The molecule has 0 saturated heterocycles. The Kier molecular flexibility index (Phi) is 3.29. The Morgan fingerprint density at radius 2 is 2.25 bits per heavy atom. The molecule has 12 heavy (non-hydrogen) atoms. The summed E-state index contributed by atoms with van der Waals surface area (Å²) in [6.07, 6.45) is 1.91. The van der Waals surface area contributed by atoms with E-state index in [1.807, 2.05) is 6.20 Å². The van der Waals surface area contributed by atoms with E-state index >= 15 is 0 Å². The van der Waals surface area contributed by atoms with Gasteiger partial charge in [0.25, 0.3) is 0 Å². The van der Waals surface area contributed by atoms with E-state index in [1.54, 1.807) is 0 Å². The number of nitrogens with zero attached hydrogens (tertiary/aromatic N) is 3. The predicted octanol–water partition coefficient (Wildman–Crippen LogP) is 1.73. The third kappa shape index (κ3) is 2.08. The Morgan fingerprint density at radius 3 is 2.75 bits per heavy atom. The number of aromatic nitrogens is 2. The van der Waals surface area contributed by atoms with E-state index in [9.17, 15) is 0 Å². The van der Waals surface area contributed by atoms with Gasteiger partial charge in [-0.2, -0.15) is 0 Å². The fraction of sp³-hybridized carbons (Fsp3) is 0.625. The van der Waals surface area contributed by atoms with Crippen molar-refractivity contribution in [3.05, 3.63) is 16.6 Å². The van der Waals surface area contributed by atoms with Gasteiger partial charge in [0, 0.05) is 13.1 Å². The monoisotopic (exact) mass is 231 g/mol. The number of imidazole rings is 1. The van der Waals surface area contributed by atoms with E-state index in [-0.39, 0.29) is 0 Å². The molecule has 1 heterocycles. The maximum absolute atomic E-state index is 4.19. The summed E-state index contributed by atoms with van der Waals surface area (Å²) in [4.78, 5) is 6.33. The van der Waals surface area contributed by atoms with Crippen molar-refractivity contribution in [2.75, 3.05) is 14.1 Å². The van der Waals surface area contributed by atoms with Gasteiger partial charge in [0.15, 0.2) is 4.73 Å². The van der Waals surface area contributed by atoms with Gasteiger partial charge < -0.3 is 9.47 Å². The van der Waals surface area contributed by atoms with Crippen molar-refractivity contribution in [2.45, 2.75) is 20.0 Å². The first kappa shape index (κ1) is 9.74. The van der Waals surface area contributed by atoms with Crippen molar-refractivity contribution in [3.63, 3.8) is 0 Å². The van der Waals surface area contributed by atoms with Crippen LogP contribution in [0.1, 0.15) is 12.6 Å². The van der Waals surface area contributed by atoms with E-state index in [1.165, 1.54) is 5.69 Å². The van der Waals surface area contributed by atoms with Crippen LogP contribution in [-0.2, 0) is 13.1 Å². The van der Waals surface area contributed by atoms with Crippen LogP contribution in [0.15, 0.2) is 10.9 Å². The van der Waals surface area contributed by atoms with E-state index < -0.39 is 0 Å². The van der Waals surface area contributed by atoms with Crippen LogP contribution in [-0.4, -0.2) is 28.5 Å². The first-order valence-electron chi connectivity index (χ1n) is 3.99. The maximum atomic E-state index is 4.19. The minimum Gasteiger partial charge on any atom is -0.322 e. The normalized spacial score (nSPS) is 11.1. The zero-order valence-corrected chi connectivity index (χ0v) is 9.30. The standard InChI is InChI=1S/C8H14BrN3/c1-4-12-7(6-11(2)3)5-10-8(12)9/h5H,4,6H2,1-3H3. The third-order valence-corrected chi connectivity index (χ3v) is 2.32. The molecule has 0 N–H and O–H groups in total. The van der Waals surface area contributed by atoms with E-state index in [0.29, 0.717) is 0 Å². The highest BCUT2D eigenvalue weighted by Crippen LogP contribution is 2.12. The molecule has 0 unspecified atom stereocenters. The summed E-state index contributed by atoms with van der Waals surface area (Å²) >= 11 is 3.40. The van der Waals surface area contributed by atoms with Crippen molar-refractivity contribution in [3.8, 4) is 0 Å². The van der Waals surface area contributed by atoms with E-state index in [4.69, 9.17) is 0 Å². The van der Waals surface area contributed by atoms with Gasteiger partial charge in [-0.3, -0.25) is 0 Å². The molecule has 0 aliphatic heterocycles. The largest absolute Gasteiger partial charge is 0.322 e. The highest BCUT2D eigenvalue weighted by Gasteiger charge is 2.05. The van der Waals surface area contributed by atoms with Gasteiger partial charge in [-0.15, -0.1) is 0 Å². The van der Waals surface area contributed by atoms with Crippen molar-refractivity contribution in [1.82, 2.24) is 14.5 Å². The van der Waals surface area contributed by atoms with Crippen LogP contribution in [0, 0.1) is 0 Å². The van der Waals surface area contributed by atoms with E-state index in [2.05, 4.69) is 51.4 Å². The molecule has 0 fully saturated rings. The lowest BCUT2D eigenvalue weighted by Gasteiger charge is -2.11. The van der Waals surface area contributed by atoms with Crippen LogP contribution in [0.2, 0.25) is 0 Å². The Hall–Kier alpha value is -0.350. The van der Waals surface area contributed by atoms with Gasteiger partial charge in [0.2, 0.25) is 0 Å². The molecule has 1 aromatic rings. The Morgan fingerprint density at radius 1 is 1.58 bits per heavy atom. The molecule has 0 atom stereocenters. The minimum atomic E-state index is 0.918. The van der Waals surface area contributed by atoms with Crippen LogP contribution >= 0.6 is 15.9 Å². The van der Waals surface area contributed by atoms with Crippen molar-refractivity contribution in [2.24, 2.45) is 0 Å². The highest BCUT2D eigenvalue weighted by atomic mass is 79.9. The summed E-state index contributed by atoms with van der Waals surface area (Å²) in [7, 11) is 4.11. The number of hydrogen-bond donors (Lipinski definition) is 0. The second-order valence-corrected chi connectivity index (χ2v) is 3.71. The first-order chi connectivity index (χ1) is 5.65. The molecule has 0 bridgehead atoms. The molecule has 3 nitrogen and oxygen atoms in total. The van der Waals surface area contributed by atoms with Crippen LogP contribution in [0.3, 0.4) is 0 Å². The second-order valence-electron chi connectivity index (χ2n) is 3.00. The molecule has 0 amide bonds. The quantitative estimate of drug-likeness (QED) is 0.791. The number of hydrogen-bond acceptors (Lipinski definition) is 2. The lowest BCUT2D eigenvalue weighted by molar-refractivity contribution is 0.387. The summed E-state index contributed by atoms with van der Waals surface area (Å²) in [5.74, 6) is 0. The van der Waals surface area contributed by atoms with Crippen molar-refractivity contribution >= 4 is 15.9 Å². The second kappa shape index (κ2) is 4.05. The van der Waals surface area contributed by atoms with Crippen molar-refractivity contribution < 1.29 is 0 Å². The Labute approximate surface area is 81.5 Å². The molecule has 0 saturated carbocycles. The van der Waals surface area contributed by atoms with Gasteiger partial charge in [-0.1, -0.05) is 0 Å². The summed E-state index contributed by atoms with van der Waals surface area (Å²) in [5.41, 5.74) is 1.24. The average Bonchev–Trinajstić information content (AvgIpc) is 2.30. The minimum absolute atomic E-state index is 0.918. The Balaban J connectivity index is 2.84. The summed E-state index contributed by atoms with van der Waals surface area (Å²) in [6.45, 7) is 4.02. The molecule has 0 aromatic carbocycles. The molecule has 0 radical (unpaired) electrons. The number of halogens is 1. The molecular weight excluding hydrogens is 218 g/mol. The lowest BCUT2D eigenvalue weighted by atomic mass is 10.4. The summed E-state index contributed by atoms with van der Waals surface area (Å²) in [5, 5.41) is 0. The van der Waals surface area contributed by atoms with Crippen LogP contribution in [0.25, 0.3) is 0 Å². The Bertz CT molecular complexity index is 255. The molecular formula is C8H14BrN3. The third-order valence-electron chi connectivity index (χ3n) is 1.68. The molecule has 0 aliphatic carbocycles. The van der Waals surface area contributed by atoms with Crippen LogP contribution in [0.4, 0.5) is 0 Å². The van der Waals surface area contributed by atoms with Gasteiger partial charge >= 0.3 is 0 Å². The summed E-state index contributed by atoms with van der Waals surface area (Å²) in [6, 6.07) is 0.